The maximum Gasteiger partial charge on any atom is 0.328 e. The van der Waals surface area contributed by atoms with Crippen molar-refractivity contribution in [3.63, 3.8) is 0 Å². The highest BCUT2D eigenvalue weighted by Gasteiger charge is 2.53. The molecule has 1 saturated carbocycles. The zero-order valence-electron chi connectivity index (χ0n) is 30.7. The average Bonchev–Trinajstić information content (AvgIpc) is 3.80. The highest BCUT2D eigenvalue weighted by atomic mass is 19.1. The SMILES string of the molecule is CCCC/C=C/C(=O)N[C@@H](Cc1cccc(F)c1)C(=O)N[C@@H]1COC(=O)[C@@H]2CCCN2C(=O)[C@H](C)NC(=O)C2(CCC2)N(C)C(=O)[C@@H]2CCCN2C1=O. The van der Waals surface area contributed by atoms with E-state index >= 15 is 0 Å². The van der Waals surface area contributed by atoms with Crippen LogP contribution >= 0.6 is 0 Å². The van der Waals surface area contributed by atoms with Gasteiger partial charge < -0.3 is 35.4 Å². The van der Waals surface area contributed by atoms with Crippen LogP contribution in [0.15, 0.2) is 36.4 Å². The Balaban J connectivity index is 1.45. The number of likely N-dealkylation sites (N-methyl/N-ethyl adjacent to an activating group) is 1. The Morgan fingerprint density at radius 1 is 1.02 bits per heavy atom. The van der Waals surface area contributed by atoms with Crippen LogP contribution in [0.1, 0.15) is 83.6 Å². The van der Waals surface area contributed by atoms with E-state index in [1.54, 1.807) is 19.1 Å². The zero-order valence-corrected chi connectivity index (χ0v) is 30.7. The Kier molecular flexibility index (Phi) is 12.9. The minimum Gasteiger partial charge on any atom is -0.461 e. The van der Waals surface area contributed by atoms with Crippen molar-refractivity contribution < 1.29 is 42.7 Å². The molecular formula is C38H51FN6O8. The summed E-state index contributed by atoms with van der Waals surface area (Å²) in [5.41, 5.74) is -0.789. The molecule has 0 unspecified atom stereocenters. The van der Waals surface area contributed by atoms with Crippen LogP contribution < -0.4 is 16.0 Å². The monoisotopic (exact) mass is 738 g/mol. The average molecular weight is 739 g/mol. The van der Waals surface area contributed by atoms with Crippen LogP contribution in [0.25, 0.3) is 0 Å². The first-order chi connectivity index (χ1) is 25.4. The van der Waals surface area contributed by atoms with Crippen LogP contribution in [0.2, 0.25) is 0 Å². The number of cyclic esters (lactones) is 1. The number of allylic oxidation sites excluding steroid dienone is 1. The highest BCUT2D eigenvalue weighted by Crippen LogP contribution is 2.39. The van der Waals surface area contributed by atoms with Gasteiger partial charge in [-0.3, -0.25) is 28.8 Å². The molecule has 1 aliphatic carbocycles. The predicted octanol–water partition coefficient (Wildman–Crippen LogP) is 1.51. The number of esters is 1. The van der Waals surface area contributed by atoms with Crippen LogP contribution in [-0.2, 0) is 44.7 Å². The summed E-state index contributed by atoms with van der Waals surface area (Å²) in [6, 6.07) is -0.0610. The largest absolute Gasteiger partial charge is 0.461 e. The molecule has 53 heavy (non-hydrogen) atoms. The maximum atomic E-state index is 14.4. The van der Waals surface area contributed by atoms with E-state index in [2.05, 4.69) is 16.0 Å². The second kappa shape index (κ2) is 17.3. The highest BCUT2D eigenvalue weighted by molar-refractivity contribution is 5.99. The van der Waals surface area contributed by atoms with Crippen molar-refractivity contribution >= 4 is 41.4 Å². The van der Waals surface area contributed by atoms with Gasteiger partial charge in [0, 0.05) is 26.6 Å². The number of nitrogens with zero attached hydrogens (tertiary/aromatic N) is 3. The molecule has 1 spiro atoms. The molecule has 3 aliphatic heterocycles. The smallest absolute Gasteiger partial charge is 0.328 e. The number of halogens is 1. The molecule has 6 amide bonds. The Labute approximate surface area is 309 Å². The number of hydrogen-bond donors (Lipinski definition) is 3. The van der Waals surface area contributed by atoms with E-state index in [9.17, 15) is 38.0 Å². The normalized spacial score (nSPS) is 25.8. The lowest BCUT2D eigenvalue weighted by atomic mass is 9.74. The van der Waals surface area contributed by atoms with E-state index in [-0.39, 0.29) is 19.5 Å². The van der Waals surface area contributed by atoms with Gasteiger partial charge in [-0.1, -0.05) is 38.0 Å². The molecule has 4 fully saturated rings. The fourth-order valence-corrected chi connectivity index (χ4v) is 7.62. The first kappa shape index (κ1) is 39.4. The molecular weight excluding hydrogens is 687 g/mol. The summed E-state index contributed by atoms with van der Waals surface area (Å²) >= 11 is 0. The van der Waals surface area contributed by atoms with Crippen LogP contribution in [0, 0.1) is 5.82 Å². The lowest BCUT2D eigenvalue weighted by Gasteiger charge is -2.48. The molecule has 4 aliphatic rings. The van der Waals surface area contributed by atoms with Gasteiger partial charge in [0.2, 0.25) is 35.4 Å². The fourth-order valence-electron chi connectivity index (χ4n) is 7.62. The van der Waals surface area contributed by atoms with Gasteiger partial charge in [0.05, 0.1) is 0 Å². The van der Waals surface area contributed by atoms with Crippen molar-refractivity contribution in [2.75, 3.05) is 26.7 Å². The third-order valence-electron chi connectivity index (χ3n) is 10.9. The summed E-state index contributed by atoms with van der Waals surface area (Å²) in [5.74, 6) is -4.74. The number of carbonyl (C=O) groups is 7. The Bertz CT molecular complexity index is 1610. The van der Waals surface area contributed by atoms with Gasteiger partial charge in [-0.05, 0) is 82.1 Å². The lowest BCUT2D eigenvalue weighted by Crippen LogP contribution is -2.67. The third kappa shape index (κ3) is 8.87. The van der Waals surface area contributed by atoms with Gasteiger partial charge in [-0.2, -0.15) is 0 Å². The van der Waals surface area contributed by atoms with Crippen molar-refractivity contribution in [1.29, 1.82) is 0 Å². The van der Waals surface area contributed by atoms with Crippen molar-refractivity contribution in [2.24, 2.45) is 0 Å². The number of benzene rings is 1. The maximum absolute atomic E-state index is 14.4. The third-order valence-corrected chi connectivity index (χ3v) is 10.9. The number of fused-ring (bicyclic) bond motifs is 2. The second-order valence-corrected chi connectivity index (χ2v) is 14.5. The first-order valence-electron chi connectivity index (χ1n) is 18.7. The summed E-state index contributed by atoms with van der Waals surface area (Å²) in [5, 5.41) is 8.10. The van der Waals surface area contributed by atoms with Crippen molar-refractivity contribution in [3.05, 3.63) is 47.8 Å². The van der Waals surface area contributed by atoms with E-state index in [1.165, 1.54) is 46.0 Å². The van der Waals surface area contributed by atoms with Gasteiger partial charge in [0.1, 0.15) is 48.2 Å². The lowest BCUT2D eigenvalue weighted by molar-refractivity contribution is -0.161. The minimum atomic E-state index is -1.48. The van der Waals surface area contributed by atoms with Crippen molar-refractivity contribution in [3.8, 4) is 0 Å². The summed E-state index contributed by atoms with van der Waals surface area (Å²) < 4.78 is 19.8. The quantitative estimate of drug-likeness (QED) is 0.194. The van der Waals surface area contributed by atoms with Crippen molar-refractivity contribution in [2.45, 2.75) is 120 Å². The molecule has 1 aromatic carbocycles. The molecule has 3 heterocycles. The van der Waals surface area contributed by atoms with Crippen LogP contribution in [0.5, 0.6) is 0 Å². The fraction of sp³-hybridized carbons (Fsp3) is 0.605. The van der Waals surface area contributed by atoms with E-state index in [0.29, 0.717) is 56.9 Å². The molecule has 0 aromatic heterocycles. The van der Waals surface area contributed by atoms with Gasteiger partial charge in [0.15, 0.2) is 0 Å². The molecule has 1 aromatic rings. The minimum absolute atomic E-state index is 0.115. The number of ether oxygens (including phenoxy) is 1. The molecule has 14 nitrogen and oxygen atoms in total. The van der Waals surface area contributed by atoms with Crippen LogP contribution in [0.4, 0.5) is 4.39 Å². The van der Waals surface area contributed by atoms with E-state index in [4.69, 9.17) is 4.74 Å². The predicted molar refractivity (Wildman–Crippen MR) is 190 cm³/mol. The van der Waals surface area contributed by atoms with Crippen molar-refractivity contribution in [1.82, 2.24) is 30.7 Å². The van der Waals surface area contributed by atoms with Crippen LogP contribution in [-0.4, -0.2) is 119 Å². The summed E-state index contributed by atoms with van der Waals surface area (Å²) in [6.07, 6.45) is 8.41. The van der Waals surface area contributed by atoms with E-state index in [1.807, 2.05) is 6.92 Å². The Morgan fingerprint density at radius 3 is 2.38 bits per heavy atom. The molecule has 3 saturated heterocycles. The molecule has 3 N–H and O–H groups in total. The molecule has 15 heteroatoms. The molecule has 5 rings (SSSR count). The van der Waals surface area contributed by atoms with E-state index in [0.717, 1.165) is 12.8 Å². The Morgan fingerprint density at radius 2 is 1.72 bits per heavy atom. The molecule has 0 bridgehead atoms. The number of rotatable bonds is 9. The number of unbranched alkanes of at least 4 members (excludes halogenated alkanes) is 2. The molecule has 0 radical (unpaired) electrons. The Hall–Kier alpha value is -4.82. The number of amides is 6. The summed E-state index contributed by atoms with van der Waals surface area (Å²) in [4.78, 5) is 100. The van der Waals surface area contributed by atoms with Gasteiger partial charge in [0.25, 0.3) is 0 Å². The van der Waals surface area contributed by atoms with Crippen LogP contribution in [0.3, 0.4) is 0 Å². The summed E-state index contributed by atoms with van der Waals surface area (Å²) in [7, 11) is 1.53. The number of hydrogen-bond acceptors (Lipinski definition) is 8. The molecule has 288 valence electrons. The van der Waals surface area contributed by atoms with Gasteiger partial charge >= 0.3 is 5.97 Å². The van der Waals surface area contributed by atoms with Gasteiger partial charge in [-0.25, -0.2) is 9.18 Å². The number of nitrogens with one attached hydrogen (secondary N) is 3. The molecule has 5 atom stereocenters. The topological polar surface area (TPSA) is 175 Å². The summed E-state index contributed by atoms with van der Waals surface area (Å²) in [6.45, 7) is 3.39. The van der Waals surface area contributed by atoms with E-state index < -0.39 is 89.6 Å². The zero-order chi connectivity index (χ0) is 38.3. The second-order valence-electron chi connectivity index (χ2n) is 14.5. The standard InChI is InChI=1S/C38H51FN6O8/c1-4-5-6-7-16-31(46)41-27(22-25-12-8-13-26(39)21-25)32(47)42-28-23-53-36(51)30-15-10-20-45(30)33(48)24(2)40-37(52)38(17-11-18-38)43(3)35(50)29-14-9-19-44(29)34(28)49/h7-8,12-13,16,21,24,27-30H,4-6,9-11,14-15,17-20,22-23H2,1-3H3,(H,40,52)(H,41,46)(H,42,47)/b16-7+/t24-,27-,28+,29-,30-/m0/s1. The first-order valence-corrected chi connectivity index (χ1v) is 18.7. The number of carbonyl (C=O) groups excluding carboxylic acids is 7. The van der Waals surface area contributed by atoms with Gasteiger partial charge in [-0.15, -0.1) is 0 Å².